The highest BCUT2D eigenvalue weighted by Crippen LogP contribution is 2.13. The van der Waals surface area contributed by atoms with E-state index in [2.05, 4.69) is 23.1 Å². The van der Waals surface area contributed by atoms with Crippen LogP contribution in [0.4, 0.5) is 0 Å². The molecule has 1 rings (SSSR count). The first-order valence-electron chi connectivity index (χ1n) is 3.98. The van der Waals surface area contributed by atoms with Crippen molar-refractivity contribution in [2.24, 2.45) is 0 Å². The van der Waals surface area contributed by atoms with Crippen LogP contribution >= 0.6 is 0 Å². The fourth-order valence-electron chi connectivity index (χ4n) is 1.15. The van der Waals surface area contributed by atoms with Crippen LogP contribution in [-0.4, -0.2) is 15.0 Å². The molecule has 3 heteroatoms. The van der Waals surface area contributed by atoms with Crippen molar-refractivity contribution >= 4 is 0 Å². The maximum Gasteiger partial charge on any atom is 0.0951 e. The molecule has 3 nitrogen and oxygen atoms in total. The third-order valence-corrected chi connectivity index (χ3v) is 1.76. The van der Waals surface area contributed by atoms with Crippen LogP contribution in [0.15, 0.2) is 31.4 Å². The zero-order chi connectivity index (χ0) is 8.10. The Labute approximate surface area is 73.1 Å². The van der Waals surface area contributed by atoms with Gasteiger partial charge in [0.25, 0.3) is 0 Å². The summed E-state index contributed by atoms with van der Waals surface area (Å²) in [6, 6.07) is 0.419. The summed E-state index contributed by atoms with van der Waals surface area (Å²) in [6.07, 6.45) is 9.89. The summed E-state index contributed by atoms with van der Waals surface area (Å²) in [5.74, 6) is 0. The van der Waals surface area contributed by atoms with E-state index in [0.29, 0.717) is 6.04 Å². The molecule has 1 unspecified atom stereocenters. The van der Waals surface area contributed by atoms with Gasteiger partial charge in [0.15, 0.2) is 0 Å². The van der Waals surface area contributed by atoms with Crippen molar-refractivity contribution in [3.8, 4) is 0 Å². The van der Waals surface area contributed by atoms with Gasteiger partial charge < -0.3 is 10.0 Å². The van der Waals surface area contributed by atoms with Gasteiger partial charge in [-0.15, -0.1) is 6.58 Å². The topological polar surface area (TPSA) is 49.3 Å². The molecule has 0 aliphatic heterocycles. The minimum absolute atomic E-state index is 0. The average Bonchev–Trinajstić information content (AvgIpc) is 2.52. The highest BCUT2D eigenvalue weighted by molar-refractivity contribution is 4.89. The second-order valence-electron chi connectivity index (χ2n) is 2.60. The first kappa shape index (κ1) is 10.9. The predicted molar refractivity (Wildman–Crippen MR) is 50.0 cm³/mol. The number of imidazole rings is 1. The van der Waals surface area contributed by atoms with E-state index in [1.807, 2.05) is 18.6 Å². The van der Waals surface area contributed by atoms with Crippen LogP contribution in [0.5, 0.6) is 0 Å². The Morgan fingerprint density at radius 2 is 2.42 bits per heavy atom. The Morgan fingerprint density at radius 3 is 2.83 bits per heavy atom. The molecule has 0 fully saturated rings. The van der Waals surface area contributed by atoms with Gasteiger partial charge in [0.1, 0.15) is 0 Å². The average molecular weight is 168 g/mol. The molecule has 1 heterocycles. The molecule has 0 aromatic carbocycles. The molecular weight excluding hydrogens is 152 g/mol. The number of rotatable bonds is 4. The molecule has 0 saturated heterocycles. The minimum Gasteiger partial charge on any atom is -0.412 e. The van der Waals surface area contributed by atoms with Crippen molar-refractivity contribution in [1.82, 2.24) is 9.55 Å². The smallest absolute Gasteiger partial charge is 0.0951 e. The van der Waals surface area contributed by atoms with Crippen molar-refractivity contribution in [1.29, 1.82) is 0 Å². The second kappa shape index (κ2) is 5.55. The Morgan fingerprint density at radius 1 is 1.67 bits per heavy atom. The van der Waals surface area contributed by atoms with E-state index in [0.717, 1.165) is 6.42 Å². The number of allylic oxidation sites excluding steroid dienone is 1. The summed E-state index contributed by atoms with van der Waals surface area (Å²) in [7, 11) is 0. The summed E-state index contributed by atoms with van der Waals surface area (Å²) >= 11 is 0. The summed E-state index contributed by atoms with van der Waals surface area (Å²) in [5.41, 5.74) is 0. The lowest BCUT2D eigenvalue weighted by Crippen LogP contribution is -2.02. The number of hydrogen-bond donors (Lipinski definition) is 0. The summed E-state index contributed by atoms with van der Waals surface area (Å²) < 4.78 is 2.08. The van der Waals surface area contributed by atoms with Gasteiger partial charge in [-0.25, -0.2) is 4.98 Å². The minimum atomic E-state index is 0. The van der Waals surface area contributed by atoms with E-state index in [4.69, 9.17) is 0 Å². The van der Waals surface area contributed by atoms with Gasteiger partial charge in [0, 0.05) is 12.4 Å². The third-order valence-electron chi connectivity index (χ3n) is 1.76. The van der Waals surface area contributed by atoms with Gasteiger partial charge in [0.05, 0.1) is 12.4 Å². The van der Waals surface area contributed by atoms with Crippen molar-refractivity contribution in [2.75, 3.05) is 0 Å². The lowest BCUT2D eigenvalue weighted by molar-refractivity contribution is 0.550. The largest absolute Gasteiger partial charge is 0.412 e. The van der Waals surface area contributed by atoms with E-state index in [9.17, 15) is 0 Å². The van der Waals surface area contributed by atoms with E-state index in [-0.39, 0.29) is 5.48 Å². The van der Waals surface area contributed by atoms with Gasteiger partial charge in [-0.3, -0.25) is 0 Å². The highest BCUT2D eigenvalue weighted by Gasteiger charge is 2.02. The molecule has 1 atom stereocenters. The molecule has 0 bridgehead atoms. The van der Waals surface area contributed by atoms with Gasteiger partial charge in [-0.05, 0) is 6.42 Å². The molecule has 1 aromatic rings. The number of aromatic nitrogens is 2. The maximum absolute atomic E-state index is 3.99. The molecule has 0 aliphatic carbocycles. The molecule has 0 saturated carbocycles. The molecule has 0 aliphatic rings. The zero-order valence-corrected chi connectivity index (χ0v) is 7.40. The van der Waals surface area contributed by atoms with Crippen LogP contribution in [0.1, 0.15) is 25.8 Å². The zero-order valence-electron chi connectivity index (χ0n) is 7.40. The second-order valence-corrected chi connectivity index (χ2v) is 2.60. The van der Waals surface area contributed by atoms with Crippen molar-refractivity contribution < 1.29 is 5.48 Å². The van der Waals surface area contributed by atoms with E-state index < -0.39 is 0 Å². The van der Waals surface area contributed by atoms with Gasteiger partial charge in [0.2, 0.25) is 0 Å². The standard InChI is InChI=1S/C9H14N2.H2O/c1-3-5-9(4-2)11-7-6-10-8-11;/h4,6-9H,2-3,5H2,1H3;1H2. The number of nitrogens with zero attached hydrogens (tertiary/aromatic N) is 2. The van der Waals surface area contributed by atoms with E-state index in [1.54, 1.807) is 6.20 Å². The Balaban J connectivity index is 0.00000121. The van der Waals surface area contributed by atoms with Gasteiger partial charge in [-0.1, -0.05) is 19.4 Å². The van der Waals surface area contributed by atoms with Crippen molar-refractivity contribution in [3.63, 3.8) is 0 Å². The normalized spacial score (nSPS) is 11.8. The summed E-state index contributed by atoms with van der Waals surface area (Å²) in [5, 5.41) is 0. The molecular formula is C9H16N2O. The van der Waals surface area contributed by atoms with Gasteiger partial charge >= 0.3 is 0 Å². The molecule has 0 amide bonds. The molecule has 0 spiro atoms. The molecule has 0 radical (unpaired) electrons. The Hall–Kier alpha value is -1.09. The molecule has 12 heavy (non-hydrogen) atoms. The van der Waals surface area contributed by atoms with Crippen LogP contribution in [0.2, 0.25) is 0 Å². The summed E-state index contributed by atoms with van der Waals surface area (Å²) in [4.78, 5) is 3.99. The highest BCUT2D eigenvalue weighted by atomic mass is 16.0. The predicted octanol–water partition coefficient (Wildman–Crippen LogP) is 1.59. The van der Waals surface area contributed by atoms with Crippen LogP contribution in [-0.2, 0) is 0 Å². The quantitative estimate of drug-likeness (QED) is 0.630. The van der Waals surface area contributed by atoms with Crippen molar-refractivity contribution in [3.05, 3.63) is 31.4 Å². The first-order valence-corrected chi connectivity index (χ1v) is 3.98. The number of hydrogen-bond acceptors (Lipinski definition) is 1. The Bertz CT molecular complexity index is 206. The van der Waals surface area contributed by atoms with E-state index in [1.165, 1.54) is 6.42 Å². The first-order chi connectivity index (χ1) is 5.38. The monoisotopic (exact) mass is 168 g/mol. The molecule has 2 N–H and O–H groups in total. The SMILES string of the molecule is C=CC(CCC)n1ccnc1.O. The maximum atomic E-state index is 3.99. The third kappa shape index (κ3) is 2.51. The lowest BCUT2D eigenvalue weighted by atomic mass is 10.2. The van der Waals surface area contributed by atoms with Crippen LogP contribution in [0, 0.1) is 0 Å². The summed E-state index contributed by atoms with van der Waals surface area (Å²) in [6.45, 7) is 5.96. The fourth-order valence-corrected chi connectivity index (χ4v) is 1.15. The van der Waals surface area contributed by atoms with Crippen molar-refractivity contribution in [2.45, 2.75) is 25.8 Å². The van der Waals surface area contributed by atoms with Crippen LogP contribution < -0.4 is 0 Å². The van der Waals surface area contributed by atoms with E-state index >= 15 is 0 Å². The van der Waals surface area contributed by atoms with Crippen LogP contribution in [0.25, 0.3) is 0 Å². The van der Waals surface area contributed by atoms with Crippen LogP contribution in [0.3, 0.4) is 0 Å². The fraction of sp³-hybridized carbons (Fsp3) is 0.444. The molecule has 68 valence electrons. The Kier molecular flexibility index (Phi) is 5.04. The molecule has 1 aromatic heterocycles. The lowest BCUT2D eigenvalue weighted by Gasteiger charge is -2.11. The van der Waals surface area contributed by atoms with Gasteiger partial charge in [-0.2, -0.15) is 0 Å².